The lowest BCUT2D eigenvalue weighted by molar-refractivity contribution is -0.139. The van der Waals surface area contributed by atoms with Gasteiger partial charge in [-0.15, -0.1) is 0 Å². The summed E-state index contributed by atoms with van der Waals surface area (Å²) in [7, 11) is 3.62. The van der Waals surface area contributed by atoms with E-state index < -0.39 is 29.2 Å². The maximum Gasteiger partial charge on any atom is 0.419 e. The maximum absolute atomic E-state index is 13.6. The molecule has 2 amide bonds. The molecule has 0 saturated carbocycles. The largest absolute Gasteiger partial charge is 0.419 e. The molecule has 1 saturated heterocycles. The summed E-state index contributed by atoms with van der Waals surface area (Å²) < 4.78 is 51.2. The Kier molecular flexibility index (Phi) is 5.58. The average molecular weight is 363 g/mol. The zero-order chi connectivity index (χ0) is 18.8. The molecule has 1 fully saturated rings. The molecule has 1 unspecified atom stereocenters. The normalized spacial score (nSPS) is 21.5. The number of halogens is 4. The summed E-state index contributed by atoms with van der Waals surface area (Å²) in [6.45, 7) is 0.885. The van der Waals surface area contributed by atoms with E-state index in [-0.39, 0.29) is 12.2 Å². The Hall–Kier alpha value is -1.87. The minimum atomic E-state index is -4.79. The van der Waals surface area contributed by atoms with Gasteiger partial charge in [0.1, 0.15) is 5.82 Å². The number of alkyl halides is 3. The molecule has 25 heavy (non-hydrogen) atoms. The highest BCUT2D eigenvalue weighted by molar-refractivity contribution is 5.89. The van der Waals surface area contributed by atoms with Crippen LogP contribution in [0.2, 0.25) is 0 Å². The van der Waals surface area contributed by atoms with Crippen molar-refractivity contribution in [2.45, 2.75) is 24.6 Å². The Labute approximate surface area is 143 Å². The molecule has 1 aliphatic rings. The van der Waals surface area contributed by atoms with Crippen LogP contribution in [0.3, 0.4) is 0 Å². The van der Waals surface area contributed by atoms with Crippen LogP contribution >= 0.6 is 0 Å². The van der Waals surface area contributed by atoms with Crippen LogP contribution in [0.15, 0.2) is 18.2 Å². The third kappa shape index (κ3) is 5.05. The van der Waals surface area contributed by atoms with Crippen molar-refractivity contribution >= 4 is 11.7 Å². The fraction of sp³-hybridized carbons (Fsp3) is 0.562. The van der Waals surface area contributed by atoms with Crippen LogP contribution in [0, 0.1) is 5.82 Å². The average Bonchev–Trinajstić information content (AvgIpc) is 2.44. The molecule has 140 valence electrons. The minimum Gasteiger partial charge on any atom is -0.387 e. The number of rotatable bonds is 3. The van der Waals surface area contributed by atoms with E-state index in [1.165, 1.54) is 4.90 Å². The second kappa shape index (κ2) is 7.17. The number of piperidine rings is 1. The van der Waals surface area contributed by atoms with E-state index in [4.69, 9.17) is 0 Å². The molecule has 0 aliphatic carbocycles. The molecule has 0 bridgehead atoms. The lowest BCUT2D eigenvalue weighted by Crippen LogP contribution is -2.55. The lowest BCUT2D eigenvalue weighted by atomic mass is 9.92. The molecule has 1 aliphatic heterocycles. The van der Waals surface area contributed by atoms with Gasteiger partial charge < -0.3 is 20.2 Å². The number of likely N-dealkylation sites (N-methyl/N-ethyl adjacent to an activating group) is 1. The summed E-state index contributed by atoms with van der Waals surface area (Å²) in [5, 5.41) is 12.9. The molecular formula is C16H21F4N3O2. The van der Waals surface area contributed by atoms with Crippen molar-refractivity contribution < 1.29 is 27.5 Å². The van der Waals surface area contributed by atoms with Crippen LogP contribution in [0.1, 0.15) is 18.4 Å². The highest BCUT2D eigenvalue weighted by atomic mass is 19.4. The summed E-state index contributed by atoms with van der Waals surface area (Å²) in [5.74, 6) is -1.45. The Morgan fingerprint density at radius 3 is 2.64 bits per heavy atom. The number of aliphatic hydroxyl groups is 1. The number of hydrogen-bond acceptors (Lipinski definition) is 3. The first kappa shape index (κ1) is 19.5. The van der Waals surface area contributed by atoms with Gasteiger partial charge in [-0.05, 0) is 45.1 Å². The van der Waals surface area contributed by atoms with Crippen molar-refractivity contribution in [3.05, 3.63) is 29.6 Å². The summed E-state index contributed by atoms with van der Waals surface area (Å²) in [5.41, 5.74) is -2.51. The molecular weight excluding hydrogens is 342 g/mol. The van der Waals surface area contributed by atoms with Gasteiger partial charge in [0.05, 0.1) is 17.7 Å². The van der Waals surface area contributed by atoms with E-state index in [1.54, 1.807) is 0 Å². The zero-order valence-corrected chi connectivity index (χ0v) is 14.0. The zero-order valence-electron chi connectivity index (χ0n) is 14.0. The first-order valence-corrected chi connectivity index (χ1v) is 7.80. The number of amides is 2. The number of nitrogens with zero attached hydrogens (tertiary/aromatic N) is 2. The van der Waals surface area contributed by atoms with Crippen LogP contribution in [0.25, 0.3) is 0 Å². The van der Waals surface area contributed by atoms with E-state index in [0.29, 0.717) is 38.1 Å². The predicted molar refractivity (Wildman–Crippen MR) is 84.7 cm³/mol. The van der Waals surface area contributed by atoms with E-state index in [9.17, 15) is 27.5 Å². The quantitative estimate of drug-likeness (QED) is 0.812. The number of anilines is 1. The summed E-state index contributed by atoms with van der Waals surface area (Å²) in [6, 6.07) is 1.64. The monoisotopic (exact) mass is 363 g/mol. The van der Waals surface area contributed by atoms with Crippen LogP contribution < -0.4 is 5.32 Å². The highest BCUT2D eigenvalue weighted by Gasteiger charge is 2.36. The van der Waals surface area contributed by atoms with Gasteiger partial charge in [0.25, 0.3) is 0 Å². The van der Waals surface area contributed by atoms with Crippen LogP contribution in [-0.4, -0.2) is 60.3 Å². The van der Waals surface area contributed by atoms with E-state index >= 15 is 0 Å². The fourth-order valence-electron chi connectivity index (χ4n) is 3.03. The fourth-order valence-corrected chi connectivity index (χ4v) is 3.03. The van der Waals surface area contributed by atoms with Crippen molar-refractivity contribution in [3.8, 4) is 0 Å². The van der Waals surface area contributed by atoms with Crippen molar-refractivity contribution in [1.82, 2.24) is 9.80 Å². The van der Waals surface area contributed by atoms with Gasteiger partial charge in [0.15, 0.2) is 0 Å². The van der Waals surface area contributed by atoms with E-state index in [0.717, 1.165) is 6.07 Å². The van der Waals surface area contributed by atoms with Gasteiger partial charge in [0.2, 0.25) is 0 Å². The number of urea groups is 1. The van der Waals surface area contributed by atoms with Gasteiger partial charge in [-0.3, -0.25) is 0 Å². The number of carbonyl (C=O) groups excluding carboxylic acids is 1. The SMILES string of the molecule is CN(C)CC1(O)CCCN(C(=O)Nc2ccc(C(F)(F)F)c(F)c2)C1. The lowest BCUT2D eigenvalue weighted by Gasteiger charge is -2.40. The standard InChI is InChI=1S/C16H21F4N3O2/c1-22(2)9-15(25)6-3-7-23(10-15)14(24)21-11-4-5-12(13(17)8-11)16(18,19)20/h4-5,8,25H,3,6-7,9-10H2,1-2H3,(H,21,24). The first-order chi connectivity index (χ1) is 11.5. The Morgan fingerprint density at radius 1 is 1.40 bits per heavy atom. The number of hydrogen-bond donors (Lipinski definition) is 2. The van der Waals surface area contributed by atoms with Gasteiger partial charge in [-0.2, -0.15) is 13.2 Å². The molecule has 0 aromatic heterocycles. The molecule has 0 radical (unpaired) electrons. The van der Waals surface area contributed by atoms with Gasteiger partial charge in [-0.25, -0.2) is 9.18 Å². The van der Waals surface area contributed by atoms with E-state index in [2.05, 4.69) is 5.32 Å². The summed E-state index contributed by atoms with van der Waals surface area (Å²) in [6.07, 6.45) is -3.65. The number of benzene rings is 1. The van der Waals surface area contributed by atoms with Gasteiger partial charge in [0, 0.05) is 18.8 Å². The Bertz CT molecular complexity index is 636. The molecule has 5 nitrogen and oxygen atoms in total. The topological polar surface area (TPSA) is 55.8 Å². The van der Waals surface area contributed by atoms with E-state index in [1.807, 2.05) is 19.0 Å². The van der Waals surface area contributed by atoms with Crippen LogP contribution in [0.5, 0.6) is 0 Å². The third-order valence-electron chi connectivity index (χ3n) is 3.98. The summed E-state index contributed by atoms with van der Waals surface area (Å²) in [4.78, 5) is 15.5. The highest BCUT2D eigenvalue weighted by Crippen LogP contribution is 2.32. The number of β-amino-alcohol motifs (C(OH)–C–C–N with tert-alkyl or cyclic N) is 1. The molecule has 1 atom stereocenters. The number of nitrogens with one attached hydrogen (secondary N) is 1. The summed E-state index contributed by atoms with van der Waals surface area (Å²) >= 11 is 0. The third-order valence-corrected chi connectivity index (χ3v) is 3.98. The second-order valence-electron chi connectivity index (χ2n) is 6.61. The molecule has 1 aromatic rings. The number of carbonyl (C=O) groups is 1. The van der Waals surface area contributed by atoms with Crippen molar-refractivity contribution in [2.24, 2.45) is 0 Å². The first-order valence-electron chi connectivity index (χ1n) is 7.80. The molecule has 9 heteroatoms. The Balaban J connectivity index is 2.05. The minimum absolute atomic E-state index is 0.0720. The van der Waals surface area contributed by atoms with Crippen molar-refractivity contribution in [2.75, 3.05) is 39.0 Å². The van der Waals surface area contributed by atoms with Crippen molar-refractivity contribution in [1.29, 1.82) is 0 Å². The maximum atomic E-state index is 13.6. The van der Waals surface area contributed by atoms with Gasteiger partial charge in [-0.1, -0.05) is 0 Å². The molecule has 1 aromatic carbocycles. The Morgan fingerprint density at radius 2 is 2.08 bits per heavy atom. The molecule has 0 spiro atoms. The van der Waals surface area contributed by atoms with Crippen LogP contribution in [0.4, 0.5) is 28.0 Å². The number of likely N-dealkylation sites (tertiary alicyclic amines) is 1. The van der Waals surface area contributed by atoms with Crippen molar-refractivity contribution in [3.63, 3.8) is 0 Å². The molecule has 2 N–H and O–H groups in total. The predicted octanol–water partition coefficient (Wildman–Crippen LogP) is 2.76. The smallest absolute Gasteiger partial charge is 0.387 e. The van der Waals surface area contributed by atoms with Crippen LogP contribution in [-0.2, 0) is 6.18 Å². The van der Waals surface area contributed by atoms with Gasteiger partial charge >= 0.3 is 12.2 Å². The second-order valence-corrected chi connectivity index (χ2v) is 6.61. The molecule has 2 rings (SSSR count). The molecule has 1 heterocycles.